The molecule has 9 nitrogen and oxygen atoms in total. The Bertz CT molecular complexity index is 1280. The van der Waals surface area contributed by atoms with Crippen LogP contribution in [0.4, 0.5) is 11.4 Å². The van der Waals surface area contributed by atoms with Gasteiger partial charge in [-0.3, -0.25) is 13.9 Å². The smallest absolute Gasteiger partial charge is 0.253 e. The van der Waals surface area contributed by atoms with Crippen molar-refractivity contribution in [3.63, 3.8) is 0 Å². The van der Waals surface area contributed by atoms with Crippen LogP contribution in [0.1, 0.15) is 22.3 Å². The van der Waals surface area contributed by atoms with Crippen LogP contribution in [0, 0.1) is 0 Å². The van der Waals surface area contributed by atoms with Gasteiger partial charge in [-0.25, -0.2) is 8.42 Å². The van der Waals surface area contributed by atoms with Gasteiger partial charge in [0.2, 0.25) is 15.9 Å². The Morgan fingerprint density at radius 2 is 1.59 bits per heavy atom. The molecule has 0 aromatic heterocycles. The lowest BCUT2D eigenvalue weighted by atomic mass is 10.1. The number of rotatable bonds is 13. The average Bonchev–Trinajstić information content (AvgIpc) is 2.89. The Morgan fingerprint density at radius 3 is 2.27 bits per heavy atom. The quantitative estimate of drug-likeness (QED) is 0.331. The van der Waals surface area contributed by atoms with Crippen molar-refractivity contribution in [3.8, 4) is 5.75 Å². The van der Waals surface area contributed by atoms with Crippen LogP contribution in [0.5, 0.6) is 5.75 Å². The molecule has 196 valence electrons. The summed E-state index contributed by atoms with van der Waals surface area (Å²) >= 11 is 0. The monoisotopic (exact) mass is 525 g/mol. The number of carbonyl (C=O) groups excluding carboxylic acids is 2. The molecule has 2 amide bonds. The first-order chi connectivity index (χ1) is 17.8. The largest absolute Gasteiger partial charge is 0.489 e. The Labute approximate surface area is 217 Å². The Kier molecular flexibility index (Phi) is 10.0. The zero-order chi connectivity index (χ0) is 26.7. The van der Waals surface area contributed by atoms with E-state index in [-0.39, 0.29) is 17.2 Å². The summed E-state index contributed by atoms with van der Waals surface area (Å²) in [5.41, 5.74) is 1.88. The number of nitrogens with one attached hydrogen (secondary N) is 2. The zero-order valence-corrected chi connectivity index (χ0v) is 21.7. The molecule has 0 bridgehead atoms. The third-order valence-electron chi connectivity index (χ3n) is 5.32. The van der Waals surface area contributed by atoms with Crippen LogP contribution >= 0.6 is 0 Å². The number of sulfonamides is 1. The van der Waals surface area contributed by atoms with Crippen LogP contribution in [-0.4, -0.2) is 53.3 Å². The first-order valence-electron chi connectivity index (χ1n) is 11.7. The highest BCUT2D eigenvalue weighted by Crippen LogP contribution is 2.23. The topological polar surface area (TPSA) is 114 Å². The number of hydrogen-bond donors (Lipinski definition) is 2. The van der Waals surface area contributed by atoms with Crippen LogP contribution in [0.15, 0.2) is 78.9 Å². The fourth-order valence-corrected chi connectivity index (χ4v) is 4.33. The first-order valence-corrected chi connectivity index (χ1v) is 13.5. The molecule has 10 heteroatoms. The molecule has 37 heavy (non-hydrogen) atoms. The van der Waals surface area contributed by atoms with Crippen molar-refractivity contribution in [2.24, 2.45) is 0 Å². The molecule has 0 fully saturated rings. The van der Waals surface area contributed by atoms with E-state index in [0.29, 0.717) is 37.6 Å². The lowest BCUT2D eigenvalue weighted by molar-refractivity contribution is -0.114. The number of carbonyl (C=O) groups is 2. The molecule has 0 atom stereocenters. The minimum absolute atomic E-state index is 0.277. The van der Waals surface area contributed by atoms with Crippen molar-refractivity contribution in [1.29, 1.82) is 0 Å². The molecule has 3 rings (SSSR count). The fourth-order valence-electron chi connectivity index (χ4n) is 3.47. The van der Waals surface area contributed by atoms with E-state index < -0.39 is 22.5 Å². The van der Waals surface area contributed by atoms with E-state index in [1.807, 2.05) is 30.3 Å². The van der Waals surface area contributed by atoms with Gasteiger partial charge in [-0.15, -0.1) is 0 Å². The van der Waals surface area contributed by atoms with Crippen molar-refractivity contribution in [1.82, 2.24) is 5.32 Å². The van der Waals surface area contributed by atoms with Crippen molar-refractivity contribution in [2.75, 3.05) is 42.7 Å². The molecule has 0 radical (unpaired) electrons. The number of nitrogens with zero attached hydrogens (tertiary/aromatic N) is 1. The number of anilines is 2. The molecule has 0 saturated heterocycles. The van der Waals surface area contributed by atoms with Gasteiger partial charge in [0.05, 0.1) is 23.2 Å². The van der Waals surface area contributed by atoms with Gasteiger partial charge in [0.15, 0.2) is 0 Å². The summed E-state index contributed by atoms with van der Waals surface area (Å²) in [6.07, 6.45) is 1.68. The van der Waals surface area contributed by atoms with Gasteiger partial charge in [0.25, 0.3) is 5.91 Å². The predicted octanol–water partition coefficient (Wildman–Crippen LogP) is 3.44. The van der Waals surface area contributed by atoms with Crippen LogP contribution < -0.4 is 19.7 Å². The van der Waals surface area contributed by atoms with Crippen molar-refractivity contribution < 1.29 is 27.5 Å². The van der Waals surface area contributed by atoms with E-state index in [4.69, 9.17) is 9.47 Å². The van der Waals surface area contributed by atoms with E-state index >= 15 is 0 Å². The van der Waals surface area contributed by atoms with Gasteiger partial charge in [-0.2, -0.15) is 0 Å². The van der Waals surface area contributed by atoms with Gasteiger partial charge < -0.3 is 20.1 Å². The molecule has 3 aromatic rings. The lowest BCUT2D eigenvalue weighted by Gasteiger charge is -2.22. The Balaban J connectivity index is 1.66. The van der Waals surface area contributed by atoms with Crippen molar-refractivity contribution >= 4 is 33.2 Å². The summed E-state index contributed by atoms with van der Waals surface area (Å²) in [5.74, 6) is -0.372. The molecule has 0 saturated carbocycles. The van der Waals surface area contributed by atoms with E-state index in [0.717, 1.165) is 16.1 Å². The SMILES string of the molecule is COCCCNC(=O)c1ccccc1NC(=O)CN(c1ccc(OCc2ccccc2)cc1)S(C)(=O)=O. The van der Waals surface area contributed by atoms with Gasteiger partial charge in [-0.05, 0) is 48.4 Å². The maximum absolute atomic E-state index is 12.9. The standard InChI is InChI=1S/C27H31N3O6S/c1-35-18-8-17-28-27(32)24-11-6-7-12-25(24)29-26(31)19-30(37(2,33)34)22-13-15-23(16-14-22)36-20-21-9-4-3-5-10-21/h3-7,9-16H,8,17-20H2,1-2H3,(H,28,32)(H,29,31). The molecule has 0 aliphatic rings. The van der Waals surface area contributed by atoms with Crippen molar-refractivity contribution in [2.45, 2.75) is 13.0 Å². The summed E-state index contributed by atoms with van der Waals surface area (Å²) in [5, 5.41) is 5.44. The van der Waals surface area contributed by atoms with E-state index in [2.05, 4.69) is 10.6 Å². The van der Waals surface area contributed by atoms with E-state index in [1.54, 1.807) is 55.6 Å². The maximum atomic E-state index is 12.9. The minimum Gasteiger partial charge on any atom is -0.489 e. The second-order valence-corrected chi connectivity index (χ2v) is 10.1. The van der Waals surface area contributed by atoms with Gasteiger partial charge >= 0.3 is 0 Å². The van der Waals surface area contributed by atoms with Crippen LogP contribution in [-0.2, 0) is 26.2 Å². The molecule has 0 unspecified atom stereocenters. The highest BCUT2D eigenvalue weighted by atomic mass is 32.2. The van der Waals surface area contributed by atoms with E-state index in [9.17, 15) is 18.0 Å². The number of methoxy groups -OCH3 is 1. The Hall–Kier alpha value is -3.89. The minimum atomic E-state index is -3.78. The van der Waals surface area contributed by atoms with Crippen LogP contribution in [0.2, 0.25) is 0 Å². The number of benzene rings is 3. The number of amides is 2. The molecule has 3 aromatic carbocycles. The van der Waals surface area contributed by atoms with Gasteiger partial charge in [-0.1, -0.05) is 42.5 Å². The molecular weight excluding hydrogens is 494 g/mol. The zero-order valence-electron chi connectivity index (χ0n) is 20.8. The highest BCUT2D eigenvalue weighted by Gasteiger charge is 2.22. The van der Waals surface area contributed by atoms with Crippen molar-refractivity contribution in [3.05, 3.63) is 90.0 Å². The summed E-state index contributed by atoms with van der Waals surface area (Å²) in [6.45, 7) is 0.840. The molecular formula is C27H31N3O6S. The van der Waals surface area contributed by atoms with E-state index in [1.165, 1.54) is 0 Å². The average molecular weight is 526 g/mol. The second-order valence-electron chi connectivity index (χ2n) is 8.23. The molecule has 0 aliphatic carbocycles. The van der Waals surface area contributed by atoms with Gasteiger partial charge in [0.1, 0.15) is 18.9 Å². The van der Waals surface area contributed by atoms with Gasteiger partial charge in [0, 0.05) is 20.3 Å². The summed E-state index contributed by atoms with van der Waals surface area (Å²) in [7, 11) is -2.19. The Morgan fingerprint density at radius 1 is 0.919 bits per heavy atom. The number of ether oxygens (including phenoxy) is 2. The third-order valence-corrected chi connectivity index (χ3v) is 6.46. The van der Waals surface area contributed by atoms with Crippen LogP contribution in [0.25, 0.3) is 0 Å². The first kappa shape index (κ1) is 27.7. The molecule has 0 aliphatic heterocycles. The summed E-state index contributed by atoms with van der Waals surface area (Å²) in [4.78, 5) is 25.4. The van der Waals surface area contributed by atoms with Crippen LogP contribution in [0.3, 0.4) is 0 Å². The summed E-state index contributed by atoms with van der Waals surface area (Å²) < 4.78 is 36.7. The number of hydrogen-bond acceptors (Lipinski definition) is 6. The third kappa shape index (κ3) is 8.62. The highest BCUT2D eigenvalue weighted by molar-refractivity contribution is 7.92. The second kappa shape index (κ2) is 13.4. The fraction of sp³-hybridized carbons (Fsp3) is 0.259. The maximum Gasteiger partial charge on any atom is 0.253 e. The molecule has 2 N–H and O–H groups in total. The number of para-hydroxylation sites is 1. The molecule has 0 heterocycles. The molecule has 0 spiro atoms. The summed E-state index contributed by atoms with van der Waals surface area (Å²) in [6, 6.07) is 22.7. The normalized spacial score (nSPS) is 11.0. The lowest BCUT2D eigenvalue weighted by Crippen LogP contribution is -2.37. The predicted molar refractivity (Wildman–Crippen MR) is 143 cm³/mol.